The zero-order valence-corrected chi connectivity index (χ0v) is 8.52. The molecular weight excluding hydrogens is 188 g/mol. The van der Waals surface area contributed by atoms with Crippen LogP contribution in [0.4, 0.5) is 0 Å². The van der Waals surface area contributed by atoms with Crippen LogP contribution < -0.4 is 5.73 Å². The highest BCUT2D eigenvalue weighted by molar-refractivity contribution is 5.18. The minimum absolute atomic E-state index is 0.625. The quantitative estimate of drug-likeness (QED) is 0.822. The van der Waals surface area contributed by atoms with Gasteiger partial charge >= 0.3 is 0 Å². The molecular formula is C12H14N2O. The summed E-state index contributed by atoms with van der Waals surface area (Å²) in [5.74, 6) is 1.92. The van der Waals surface area contributed by atoms with E-state index in [0.29, 0.717) is 6.54 Å². The Balaban J connectivity index is 2.05. The Kier molecular flexibility index (Phi) is 3.15. The number of furan rings is 1. The predicted octanol–water partition coefficient (Wildman–Crippen LogP) is 1.77. The van der Waals surface area contributed by atoms with Crippen molar-refractivity contribution in [2.24, 2.45) is 5.73 Å². The summed E-state index contributed by atoms with van der Waals surface area (Å²) in [5.41, 5.74) is 6.61. The van der Waals surface area contributed by atoms with E-state index in [1.807, 2.05) is 30.5 Å². The van der Waals surface area contributed by atoms with Gasteiger partial charge in [0.2, 0.25) is 0 Å². The number of hydrogen-bond donors (Lipinski definition) is 1. The average molecular weight is 202 g/mol. The van der Waals surface area contributed by atoms with Gasteiger partial charge in [0.15, 0.2) is 0 Å². The highest BCUT2D eigenvalue weighted by Gasteiger charge is 2.02. The Bertz CT molecular complexity index is 409. The topological polar surface area (TPSA) is 52.0 Å². The monoisotopic (exact) mass is 202 g/mol. The number of aromatic nitrogens is 1. The van der Waals surface area contributed by atoms with E-state index in [4.69, 9.17) is 10.2 Å². The van der Waals surface area contributed by atoms with Gasteiger partial charge in [-0.15, -0.1) is 0 Å². The summed E-state index contributed by atoms with van der Waals surface area (Å²) in [7, 11) is 0. The molecule has 2 rings (SSSR count). The molecule has 78 valence electrons. The summed E-state index contributed by atoms with van der Waals surface area (Å²) in [6.07, 6.45) is 5.21. The van der Waals surface area contributed by atoms with Gasteiger partial charge in [0.1, 0.15) is 11.5 Å². The second-order valence-corrected chi connectivity index (χ2v) is 3.44. The minimum Gasteiger partial charge on any atom is -0.466 e. The molecule has 3 nitrogen and oxygen atoms in total. The van der Waals surface area contributed by atoms with Gasteiger partial charge in [0.05, 0.1) is 0 Å². The largest absolute Gasteiger partial charge is 0.466 e. The Morgan fingerprint density at radius 3 is 2.80 bits per heavy atom. The number of nitrogens with zero attached hydrogens (tertiary/aromatic N) is 1. The first-order valence-corrected chi connectivity index (χ1v) is 5.05. The first-order valence-electron chi connectivity index (χ1n) is 5.05. The molecule has 2 aromatic heterocycles. The number of pyridine rings is 1. The molecule has 0 fully saturated rings. The van der Waals surface area contributed by atoms with Crippen molar-refractivity contribution in [3.05, 3.63) is 53.7 Å². The maximum absolute atomic E-state index is 5.62. The summed E-state index contributed by atoms with van der Waals surface area (Å²) in [4.78, 5) is 4.06. The lowest BCUT2D eigenvalue weighted by atomic mass is 10.2. The van der Waals surface area contributed by atoms with E-state index in [9.17, 15) is 0 Å². The highest BCUT2D eigenvalue weighted by atomic mass is 16.3. The number of hydrogen-bond acceptors (Lipinski definition) is 3. The molecule has 2 N–H and O–H groups in total. The van der Waals surface area contributed by atoms with Crippen molar-refractivity contribution in [1.29, 1.82) is 0 Å². The smallest absolute Gasteiger partial charge is 0.108 e. The highest BCUT2D eigenvalue weighted by Crippen LogP contribution is 2.12. The van der Waals surface area contributed by atoms with Crippen LogP contribution in [0.15, 0.2) is 41.1 Å². The third-order valence-corrected chi connectivity index (χ3v) is 2.21. The van der Waals surface area contributed by atoms with Crippen molar-refractivity contribution < 1.29 is 4.42 Å². The molecule has 0 bridgehead atoms. The number of nitrogens with two attached hydrogens (primary N) is 1. The molecule has 15 heavy (non-hydrogen) atoms. The fourth-order valence-electron chi connectivity index (χ4n) is 1.50. The molecule has 0 aliphatic carbocycles. The molecule has 0 aliphatic heterocycles. The molecule has 0 spiro atoms. The third-order valence-electron chi connectivity index (χ3n) is 2.21. The molecule has 2 heterocycles. The van der Waals surface area contributed by atoms with Gasteiger partial charge in [-0.1, -0.05) is 6.07 Å². The second-order valence-electron chi connectivity index (χ2n) is 3.44. The number of rotatable bonds is 4. The molecule has 0 aliphatic rings. The van der Waals surface area contributed by atoms with Gasteiger partial charge in [-0.05, 0) is 30.3 Å². The maximum atomic E-state index is 5.62. The normalized spacial score (nSPS) is 10.5. The van der Waals surface area contributed by atoms with Gasteiger partial charge in [0.25, 0.3) is 0 Å². The molecule has 0 saturated heterocycles. The van der Waals surface area contributed by atoms with Crippen molar-refractivity contribution in [2.75, 3.05) is 6.54 Å². The average Bonchev–Trinajstić information content (AvgIpc) is 2.68. The predicted molar refractivity (Wildman–Crippen MR) is 58.5 cm³/mol. The van der Waals surface area contributed by atoms with Crippen LogP contribution in [0.3, 0.4) is 0 Å². The summed E-state index contributed by atoms with van der Waals surface area (Å²) in [6, 6.07) is 7.95. The first kappa shape index (κ1) is 9.93. The van der Waals surface area contributed by atoms with Gasteiger partial charge in [-0.25, -0.2) is 0 Å². The Hall–Kier alpha value is -1.61. The van der Waals surface area contributed by atoms with Crippen LogP contribution in [0, 0.1) is 0 Å². The van der Waals surface area contributed by atoms with E-state index in [1.165, 1.54) is 0 Å². The molecule has 0 saturated carbocycles. The third kappa shape index (κ3) is 2.67. The molecule has 0 radical (unpaired) electrons. The van der Waals surface area contributed by atoms with Crippen LogP contribution in [-0.2, 0) is 12.8 Å². The Morgan fingerprint density at radius 1 is 1.20 bits per heavy atom. The lowest BCUT2D eigenvalue weighted by molar-refractivity contribution is 0.474. The zero-order chi connectivity index (χ0) is 10.5. The Morgan fingerprint density at radius 2 is 2.07 bits per heavy atom. The van der Waals surface area contributed by atoms with E-state index in [1.54, 1.807) is 6.20 Å². The van der Waals surface area contributed by atoms with E-state index >= 15 is 0 Å². The van der Waals surface area contributed by atoms with Gasteiger partial charge in [-0.2, -0.15) is 0 Å². The van der Waals surface area contributed by atoms with Crippen molar-refractivity contribution in [1.82, 2.24) is 4.98 Å². The fourth-order valence-corrected chi connectivity index (χ4v) is 1.50. The van der Waals surface area contributed by atoms with E-state index in [-0.39, 0.29) is 0 Å². The summed E-state index contributed by atoms with van der Waals surface area (Å²) in [6.45, 7) is 0.625. The molecule has 0 unspecified atom stereocenters. The first-order chi connectivity index (χ1) is 7.38. The maximum Gasteiger partial charge on any atom is 0.108 e. The zero-order valence-electron chi connectivity index (χ0n) is 8.52. The molecule has 3 heteroatoms. The summed E-state index contributed by atoms with van der Waals surface area (Å²) < 4.78 is 5.62. The van der Waals surface area contributed by atoms with Gasteiger partial charge in [0, 0.05) is 25.2 Å². The van der Waals surface area contributed by atoms with E-state index in [0.717, 1.165) is 29.9 Å². The van der Waals surface area contributed by atoms with Crippen LogP contribution in [0.2, 0.25) is 0 Å². The van der Waals surface area contributed by atoms with Crippen LogP contribution in [-0.4, -0.2) is 11.5 Å². The molecule has 0 amide bonds. The molecule has 0 aromatic carbocycles. The SMILES string of the molecule is NCCc1ccc(Cc2cccnc2)o1. The van der Waals surface area contributed by atoms with Crippen LogP contribution in [0.25, 0.3) is 0 Å². The fraction of sp³-hybridized carbons (Fsp3) is 0.250. The lowest BCUT2D eigenvalue weighted by Crippen LogP contribution is -2.01. The van der Waals surface area contributed by atoms with Gasteiger partial charge < -0.3 is 10.2 Å². The van der Waals surface area contributed by atoms with Crippen molar-refractivity contribution in [3.63, 3.8) is 0 Å². The van der Waals surface area contributed by atoms with Crippen molar-refractivity contribution in [3.8, 4) is 0 Å². The summed E-state index contributed by atoms with van der Waals surface area (Å²) >= 11 is 0. The Labute approximate surface area is 88.9 Å². The van der Waals surface area contributed by atoms with Crippen LogP contribution in [0.5, 0.6) is 0 Å². The van der Waals surface area contributed by atoms with Gasteiger partial charge in [-0.3, -0.25) is 4.98 Å². The minimum atomic E-state index is 0.625. The van der Waals surface area contributed by atoms with E-state index < -0.39 is 0 Å². The molecule has 0 atom stereocenters. The molecule has 2 aromatic rings. The summed E-state index contributed by atoms with van der Waals surface area (Å²) in [5, 5.41) is 0. The van der Waals surface area contributed by atoms with E-state index in [2.05, 4.69) is 4.98 Å². The van der Waals surface area contributed by atoms with Crippen molar-refractivity contribution in [2.45, 2.75) is 12.8 Å². The van der Waals surface area contributed by atoms with Crippen molar-refractivity contribution >= 4 is 0 Å². The van der Waals surface area contributed by atoms with Crippen LogP contribution in [0.1, 0.15) is 17.1 Å². The standard InChI is InChI=1S/C12H14N2O/c13-6-5-11-3-4-12(15-11)8-10-2-1-7-14-9-10/h1-4,7,9H,5-6,8,13H2. The lowest BCUT2D eigenvalue weighted by Gasteiger charge is -1.96. The van der Waals surface area contributed by atoms with Crippen LogP contribution >= 0.6 is 0 Å². The second kappa shape index (κ2) is 4.75.